The Morgan fingerprint density at radius 3 is 1.73 bits per heavy atom. The molecule has 0 N–H and O–H groups in total. The van der Waals surface area contributed by atoms with E-state index in [9.17, 15) is 10.1 Å². The van der Waals surface area contributed by atoms with E-state index in [4.69, 9.17) is 9.16 Å². The molecule has 3 aromatic rings. The van der Waals surface area contributed by atoms with Gasteiger partial charge in [0.15, 0.2) is 0 Å². The predicted octanol–water partition coefficient (Wildman–Crippen LogP) is 4.55. The molecule has 0 spiro atoms. The van der Waals surface area contributed by atoms with Gasteiger partial charge in [0, 0.05) is 12.1 Å². The van der Waals surface area contributed by atoms with Gasteiger partial charge in [0.2, 0.25) is 0 Å². The van der Waals surface area contributed by atoms with Crippen molar-refractivity contribution < 1.29 is 14.1 Å². The van der Waals surface area contributed by atoms with Crippen LogP contribution < -0.4 is 15.1 Å². The first-order valence-corrected chi connectivity index (χ1v) is 11.9. The van der Waals surface area contributed by atoms with Gasteiger partial charge in [-0.05, 0) is 27.5 Å². The lowest BCUT2D eigenvalue weighted by atomic mass is 10.2. The zero-order valence-electron chi connectivity index (χ0n) is 17.6. The number of benzene rings is 3. The Morgan fingerprint density at radius 2 is 1.30 bits per heavy atom. The van der Waals surface area contributed by atoms with Gasteiger partial charge in [-0.25, -0.2) is 0 Å². The molecular formula is C24H27NO4Si. The second kappa shape index (κ2) is 9.24. The monoisotopic (exact) mass is 421 g/mol. The first kappa shape index (κ1) is 21.7. The van der Waals surface area contributed by atoms with Crippen LogP contribution in [-0.2, 0) is 4.43 Å². The zero-order chi connectivity index (χ0) is 21.6. The van der Waals surface area contributed by atoms with Gasteiger partial charge < -0.3 is 9.16 Å². The third kappa shape index (κ3) is 4.61. The van der Waals surface area contributed by atoms with Crippen LogP contribution in [0.2, 0.25) is 5.04 Å². The summed E-state index contributed by atoms with van der Waals surface area (Å²) < 4.78 is 12.6. The summed E-state index contributed by atoms with van der Waals surface area (Å²) in [5.41, 5.74) is 0.0471. The Balaban J connectivity index is 1.82. The van der Waals surface area contributed by atoms with Crippen LogP contribution in [0.5, 0.6) is 5.75 Å². The minimum atomic E-state index is -2.58. The molecule has 0 heterocycles. The summed E-state index contributed by atoms with van der Waals surface area (Å²) in [6.45, 7) is 7.48. The molecule has 0 aliphatic carbocycles. The molecule has 6 heteroatoms. The largest absolute Gasteiger partial charge is 0.491 e. The topological polar surface area (TPSA) is 61.6 Å². The maximum absolute atomic E-state index is 10.8. The van der Waals surface area contributed by atoms with Crippen LogP contribution in [0.25, 0.3) is 0 Å². The Bertz CT molecular complexity index is 915. The van der Waals surface area contributed by atoms with E-state index in [2.05, 4.69) is 69.3 Å². The van der Waals surface area contributed by atoms with E-state index in [1.807, 2.05) is 12.1 Å². The van der Waals surface area contributed by atoms with Crippen molar-refractivity contribution in [2.24, 2.45) is 0 Å². The lowest BCUT2D eigenvalue weighted by Gasteiger charge is -2.43. The second-order valence-electron chi connectivity index (χ2n) is 8.11. The van der Waals surface area contributed by atoms with Crippen LogP contribution in [0.1, 0.15) is 20.8 Å². The van der Waals surface area contributed by atoms with Crippen molar-refractivity contribution in [1.29, 1.82) is 0 Å². The van der Waals surface area contributed by atoms with E-state index in [1.54, 1.807) is 12.1 Å². The molecule has 0 aliphatic rings. The van der Waals surface area contributed by atoms with Gasteiger partial charge in [-0.3, -0.25) is 10.1 Å². The van der Waals surface area contributed by atoms with E-state index < -0.39 is 13.2 Å². The van der Waals surface area contributed by atoms with E-state index in [0.717, 1.165) is 0 Å². The normalized spacial score (nSPS) is 11.8. The third-order valence-electron chi connectivity index (χ3n) is 5.13. The van der Waals surface area contributed by atoms with Gasteiger partial charge in [-0.1, -0.05) is 81.4 Å². The van der Waals surface area contributed by atoms with Crippen molar-refractivity contribution >= 4 is 24.4 Å². The number of nitrogens with zero attached hydrogens (tertiary/aromatic N) is 1. The van der Waals surface area contributed by atoms with Crippen LogP contribution in [0.15, 0.2) is 84.9 Å². The van der Waals surface area contributed by atoms with E-state index in [-0.39, 0.29) is 10.7 Å². The van der Waals surface area contributed by atoms with Crippen molar-refractivity contribution in [2.45, 2.75) is 25.8 Å². The van der Waals surface area contributed by atoms with Crippen LogP contribution in [0.3, 0.4) is 0 Å². The van der Waals surface area contributed by atoms with Crippen molar-refractivity contribution in [2.75, 3.05) is 13.2 Å². The van der Waals surface area contributed by atoms with Crippen LogP contribution in [0, 0.1) is 10.1 Å². The lowest BCUT2D eigenvalue weighted by Crippen LogP contribution is -2.66. The molecule has 3 rings (SSSR count). The molecule has 0 bridgehead atoms. The van der Waals surface area contributed by atoms with Gasteiger partial charge in [0.25, 0.3) is 14.0 Å². The summed E-state index contributed by atoms with van der Waals surface area (Å²) in [6, 6.07) is 27.0. The highest BCUT2D eigenvalue weighted by molar-refractivity contribution is 6.99. The van der Waals surface area contributed by atoms with Crippen LogP contribution >= 0.6 is 0 Å². The fourth-order valence-electron chi connectivity index (χ4n) is 3.78. The summed E-state index contributed by atoms with van der Waals surface area (Å²) >= 11 is 0. The van der Waals surface area contributed by atoms with Gasteiger partial charge >= 0.3 is 0 Å². The van der Waals surface area contributed by atoms with Crippen LogP contribution in [0.4, 0.5) is 5.69 Å². The molecule has 5 nitrogen and oxygen atoms in total. The van der Waals surface area contributed by atoms with E-state index in [1.165, 1.54) is 22.5 Å². The summed E-state index contributed by atoms with van der Waals surface area (Å²) in [4.78, 5) is 10.4. The quantitative estimate of drug-likeness (QED) is 0.232. The third-order valence-corrected chi connectivity index (χ3v) is 10.2. The maximum Gasteiger partial charge on any atom is 0.269 e. The number of ether oxygens (including phenoxy) is 1. The number of nitro groups is 1. The molecule has 0 amide bonds. The number of hydrogen-bond acceptors (Lipinski definition) is 4. The van der Waals surface area contributed by atoms with Crippen LogP contribution in [-0.4, -0.2) is 26.5 Å². The average Bonchev–Trinajstić information content (AvgIpc) is 2.74. The highest BCUT2D eigenvalue weighted by Gasteiger charge is 2.50. The second-order valence-corrected chi connectivity index (χ2v) is 12.4. The summed E-state index contributed by atoms with van der Waals surface area (Å²) in [5.74, 6) is 0.589. The summed E-state index contributed by atoms with van der Waals surface area (Å²) in [5, 5.41) is 13.1. The molecular weight excluding hydrogens is 394 g/mol. The van der Waals surface area contributed by atoms with E-state index >= 15 is 0 Å². The fraction of sp³-hybridized carbons (Fsp3) is 0.250. The van der Waals surface area contributed by atoms with Crippen molar-refractivity contribution in [3.63, 3.8) is 0 Å². The summed E-state index contributed by atoms with van der Waals surface area (Å²) in [6.07, 6.45) is 0. The molecule has 0 saturated carbocycles. The molecule has 0 atom stereocenters. The lowest BCUT2D eigenvalue weighted by molar-refractivity contribution is -0.384. The SMILES string of the molecule is CC(C)(C)[Si](OCCOc1ccc([N+](=O)[O-])cc1)(c1ccccc1)c1ccccc1. The number of non-ortho nitro benzene ring substituents is 1. The van der Waals surface area contributed by atoms with Gasteiger partial charge in [0.05, 0.1) is 11.5 Å². The van der Waals surface area contributed by atoms with Gasteiger partial charge in [-0.2, -0.15) is 0 Å². The number of hydrogen-bond donors (Lipinski definition) is 0. The Hall–Kier alpha value is -2.96. The molecule has 156 valence electrons. The molecule has 0 radical (unpaired) electrons. The van der Waals surface area contributed by atoms with Crippen molar-refractivity contribution in [1.82, 2.24) is 0 Å². The Morgan fingerprint density at radius 1 is 0.800 bits per heavy atom. The van der Waals surface area contributed by atoms with E-state index in [0.29, 0.717) is 19.0 Å². The molecule has 30 heavy (non-hydrogen) atoms. The molecule has 0 fully saturated rings. The molecule has 0 saturated heterocycles. The molecule has 3 aromatic carbocycles. The smallest absolute Gasteiger partial charge is 0.269 e. The Labute approximate surface area is 178 Å². The van der Waals surface area contributed by atoms with Crippen molar-refractivity contribution in [3.05, 3.63) is 95.0 Å². The Kier molecular flexibility index (Phi) is 6.69. The minimum Gasteiger partial charge on any atom is -0.491 e. The van der Waals surface area contributed by atoms with Gasteiger partial charge in [0.1, 0.15) is 12.4 Å². The maximum atomic E-state index is 10.8. The first-order chi connectivity index (χ1) is 14.3. The molecule has 0 aromatic heterocycles. The highest BCUT2D eigenvalue weighted by atomic mass is 28.4. The highest BCUT2D eigenvalue weighted by Crippen LogP contribution is 2.36. The summed E-state index contributed by atoms with van der Waals surface area (Å²) in [7, 11) is -2.58. The molecule has 0 unspecified atom stereocenters. The zero-order valence-corrected chi connectivity index (χ0v) is 18.6. The van der Waals surface area contributed by atoms with Crippen molar-refractivity contribution in [3.8, 4) is 5.75 Å². The first-order valence-electron chi connectivity index (χ1n) is 9.97. The fourth-order valence-corrected chi connectivity index (χ4v) is 8.32. The molecule has 0 aliphatic heterocycles. The average molecular weight is 422 g/mol. The minimum absolute atomic E-state index is 0.0471. The number of nitro benzene ring substituents is 1. The standard InChI is InChI=1S/C24H27NO4Si/c1-24(2,3)30(22-10-6-4-7-11-22,23-12-8-5-9-13-23)29-19-18-28-21-16-14-20(15-17-21)25(26)27/h4-17H,18-19H2,1-3H3. The number of rotatable bonds is 8. The van der Waals surface area contributed by atoms with Gasteiger partial charge in [-0.15, -0.1) is 0 Å². The predicted molar refractivity (Wildman–Crippen MR) is 122 cm³/mol.